The molecule has 0 spiro atoms. The maximum absolute atomic E-state index is 11.5. The molecule has 1 aliphatic heterocycles. The van der Waals surface area contributed by atoms with E-state index in [0.29, 0.717) is 0 Å². The van der Waals surface area contributed by atoms with E-state index in [1.165, 1.54) is 0 Å². The van der Waals surface area contributed by atoms with Gasteiger partial charge < -0.3 is 15.7 Å². The van der Waals surface area contributed by atoms with Gasteiger partial charge in [0.05, 0.1) is 6.04 Å². The molecule has 1 amide bonds. The average Bonchev–Trinajstić information content (AvgIpc) is 2.66. The van der Waals surface area contributed by atoms with Gasteiger partial charge in [0.25, 0.3) is 0 Å². The Bertz CT molecular complexity index is 318. The molecule has 0 saturated carbocycles. The predicted octanol–water partition coefficient (Wildman–Crippen LogP) is 1.29. The van der Waals surface area contributed by atoms with Crippen molar-refractivity contribution in [1.29, 1.82) is 0 Å². The van der Waals surface area contributed by atoms with E-state index in [1.807, 2.05) is 20.8 Å². The summed E-state index contributed by atoms with van der Waals surface area (Å²) in [5.74, 6) is -2.62. The van der Waals surface area contributed by atoms with Crippen LogP contribution in [-0.4, -0.2) is 41.3 Å². The average molecular weight is 284 g/mol. The molecule has 112 valence electrons. The van der Waals surface area contributed by atoms with Crippen LogP contribution in [0.15, 0.2) is 0 Å². The number of nitrogens with one attached hydrogen (secondary N) is 2. The first-order chi connectivity index (χ1) is 8.43. The Hall–Kier alpha value is -1.31. The van der Waals surface area contributed by atoms with Gasteiger partial charge in [0, 0.05) is 5.54 Å². The van der Waals surface area contributed by atoms with Gasteiger partial charge in [0.15, 0.2) is 0 Å². The lowest BCUT2D eigenvalue weighted by Crippen LogP contribution is -2.48. The number of hydrogen-bond donors (Lipinski definition) is 3. The molecule has 5 nitrogen and oxygen atoms in total. The highest BCUT2D eigenvalue weighted by atomic mass is 19.4. The van der Waals surface area contributed by atoms with Crippen LogP contribution < -0.4 is 10.6 Å². The van der Waals surface area contributed by atoms with Crippen LogP contribution >= 0.6 is 0 Å². The molecule has 0 aromatic carbocycles. The highest BCUT2D eigenvalue weighted by Crippen LogP contribution is 2.13. The fraction of sp³-hybridized carbons (Fsp3) is 0.818. The second-order valence-electron chi connectivity index (χ2n) is 5.19. The van der Waals surface area contributed by atoms with Gasteiger partial charge in [-0.25, -0.2) is 4.79 Å². The van der Waals surface area contributed by atoms with Crippen molar-refractivity contribution < 1.29 is 27.9 Å². The summed E-state index contributed by atoms with van der Waals surface area (Å²) >= 11 is 0. The van der Waals surface area contributed by atoms with Crippen molar-refractivity contribution in [3.63, 3.8) is 0 Å². The van der Waals surface area contributed by atoms with E-state index < -0.39 is 12.1 Å². The van der Waals surface area contributed by atoms with Crippen molar-refractivity contribution in [1.82, 2.24) is 10.6 Å². The third-order valence-corrected chi connectivity index (χ3v) is 2.12. The van der Waals surface area contributed by atoms with Crippen LogP contribution in [0, 0.1) is 0 Å². The Morgan fingerprint density at radius 3 is 2.00 bits per heavy atom. The zero-order valence-electron chi connectivity index (χ0n) is 11.1. The first-order valence-electron chi connectivity index (χ1n) is 5.79. The standard InChI is InChI=1S/C9H18N2O.C2HF3O2/c1-9(2,3)11-8(12)7-5-4-6-10-7;3-2(4,5)1(6)7/h7,10H,4-6H2,1-3H3,(H,11,12);(H,6,7)/t7-;/m0./s1. The highest BCUT2D eigenvalue weighted by molar-refractivity contribution is 5.82. The van der Waals surface area contributed by atoms with E-state index in [2.05, 4.69) is 10.6 Å². The van der Waals surface area contributed by atoms with E-state index >= 15 is 0 Å². The SMILES string of the molecule is CC(C)(C)NC(=O)[C@@H]1CCCN1.O=C(O)C(F)(F)F. The Balaban J connectivity index is 0.000000399. The summed E-state index contributed by atoms with van der Waals surface area (Å²) in [5, 5.41) is 13.3. The quantitative estimate of drug-likeness (QED) is 0.678. The molecule has 19 heavy (non-hydrogen) atoms. The number of amides is 1. The van der Waals surface area contributed by atoms with Gasteiger partial charge in [0.1, 0.15) is 0 Å². The monoisotopic (exact) mass is 284 g/mol. The fourth-order valence-corrected chi connectivity index (χ4v) is 1.37. The summed E-state index contributed by atoms with van der Waals surface area (Å²) in [6.45, 7) is 6.97. The smallest absolute Gasteiger partial charge is 0.475 e. The minimum Gasteiger partial charge on any atom is -0.475 e. The first-order valence-corrected chi connectivity index (χ1v) is 5.79. The minimum absolute atomic E-state index is 0.0456. The Morgan fingerprint density at radius 2 is 1.74 bits per heavy atom. The Kier molecular flexibility index (Phi) is 6.28. The van der Waals surface area contributed by atoms with E-state index in [0.717, 1.165) is 19.4 Å². The van der Waals surface area contributed by atoms with E-state index in [9.17, 15) is 18.0 Å². The summed E-state index contributed by atoms with van der Waals surface area (Å²) in [7, 11) is 0. The maximum Gasteiger partial charge on any atom is 0.490 e. The van der Waals surface area contributed by atoms with Crippen molar-refractivity contribution in [3.05, 3.63) is 0 Å². The molecular weight excluding hydrogens is 265 g/mol. The number of carbonyl (C=O) groups excluding carboxylic acids is 1. The zero-order valence-corrected chi connectivity index (χ0v) is 11.1. The number of hydrogen-bond acceptors (Lipinski definition) is 3. The molecule has 3 N–H and O–H groups in total. The van der Waals surface area contributed by atoms with Crippen molar-refractivity contribution >= 4 is 11.9 Å². The van der Waals surface area contributed by atoms with Gasteiger partial charge in [-0.3, -0.25) is 4.79 Å². The summed E-state index contributed by atoms with van der Waals surface area (Å²) < 4.78 is 31.7. The molecule has 1 fully saturated rings. The second kappa shape index (κ2) is 6.74. The number of carbonyl (C=O) groups is 2. The van der Waals surface area contributed by atoms with Gasteiger partial charge in [-0.1, -0.05) is 0 Å². The minimum atomic E-state index is -5.08. The largest absolute Gasteiger partial charge is 0.490 e. The van der Waals surface area contributed by atoms with Crippen LogP contribution in [0.3, 0.4) is 0 Å². The molecule has 0 aromatic rings. The van der Waals surface area contributed by atoms with Gasteiger partial charge in [-0.15, -0.1) is 0 Å². The molecule has 1 heterocycles. The topological polar surface area (TPSA) is 78.4 Å². The molecule has 8 heteroatoms. The Morgan fingerprint density at radius 1 is 1.26 bits per heavy atom. The van der Waals surface area contributed by atoms with Crippen molar-refractivity contribution in [2.45, 2.75) is 51.4 Å². The lowest BCUT2D eigenvalue weighted by atomic mass is 10.1. The zero-order chi connectivity index (χ0) is 15.3. The highest BCUT2D eigenvalue weighted by Gasteiger charge is 2.38. The van der Waals surface area contributed by atoms with Crippen LogP contribution in [0.4, 0.5) is 13.2 Å². The van der Waals surface area contributed by atoms with Crippen LogP contribution in [0.1, 0.15) is 33.6 Å². The lowest BCUT2D eigenvalue weighted by molar-refractivity contribution is -0.192. The lowest BCUT2D eigenvalue weighted by Gasteiger charge is -2.22. The van der Waals surface area contributed by atoms with Crippen molar-refractivity contribution in [2.24, 2.45) is 0 Å². The van der Waals surface area contributed by atoms with E-state index in [1.54, 1.807) is 0 Å². The molecule has 1 saturated heterocycles. The number of rotatable bonds is 1. The van der Waals surface area contributed by atoms with Crippen LogP contribution in [0.25, 0.3) is 0 Å². The van der Waals surface area contributed by atoms with Gasteiger partial charge >= 0.3 is 12.1 Å². The second-order valence-corrected chi connectivity index (χ2v) is 5.19. The third kappa shape index (κ3) is 8.41. The van der Waals surface area contributed by atoms with Crippen molar-refractivity contribution in [2.75, 3.05) is 6.54 Å². The van der Waals surface area contributed by atoms with E-state index in [-0.39, 0.29) is 17.5 Å². The summed E-state index contributed by atoms with van der Waals surface area (Å²) in [6.07, 6.45) is -3.00. The summed E-state index contributed by atoms with van der Waals surface area (Å²) in [5.41, 5.74) is -0.110. The molecule has 1 rings (SSSR count). The van der Waals surface area contributed by atoms with Crippen LogP contribution in [0.5, 0.6) is 0 Å². The van der Waals surface area contributed by atoms with Crippen LogP contribution in [-0.2, 0) is 9.59 Å². The maximum atomic E-state index is 11.5. The fourth-order valence-electron chi connectivity index (χ4n) is 1.37. The van der Waals surface area contributed by atoms with Gasteiger partial charge in [-0.05, 0) is 40.2 Å². The summed E-state index contributed by atoms with van der Waals surface area (Å²) in [4.78, 5) is 20.4. The molecule has 1 atom stereocenters. The molecule has 1 aliphatic rings. The molecular formula is C11H19F3N2O3. The number of alkyl halides is 3. The van der Waals surface area contributed by atoms with Gasteiger partial charge in [-0.2, -0.15) is 13.2 Å². The molecule has 0 bridgehead atoms. The van der Waals surface area contributed by atoms with Crippen LogP contribution in [0.2, 0.25) is 0 Å². The number of carboxylic acids is 1. The number of carboxylic acid groups (broad SMARTS) is 1. The van der Waals surface area contributed by atoms with Gasteiger partial charge in [0.2, 0.25) is 5.91 Å². The third-order valence-electron chi connectivity index (χ3n) is 2.12. The summed E-state index contributed by atoms with van der Waals surface area (Å²) in [6, 6.07) is 0.0456. The predicted molar refractivity (Wildman–Crippen MR) is 62.6 cm³/mol. The first kappa shape index (κ1) is 17.7. The molecule has 0 aromatic heterocycles. The van der Waals surface area contributed by atoms with E-state index in [4.69, 9.17) is 9.90 Å². The Labute approximate surface area is 109 Å². The molecule has 0 unspecified atom stereocenters. The molecule has 0 aliphatic carbocycles. The normalized spacial score (nSPS) is 19.4. The molecule has 0 radical (unpaired) electrons. The van der Waals surface area contributed by atoms with Crippen molar-refractivity contribution in [3.8, 4) is 0 Å². The number of halogens is 3. The number of aliphatic carboxylic acids is 1.